The molecule has 1 N–H and O–H groups in total. The van der Waals surface area contributed by atoms with Gasteiger partial charge in [0.2, 0.25) is 0 Å². The van der Waals surface area contributed by atoms with Gasteiger partial charge in [0, 0.05) is 18.4 Å². The average molecular weight is 303 g/mol. The summed E-state index contributed by atoms with van der Waals surface area (Å²) in [5.74, 6) is -0.489. The van der Waals surface area contributed by atoms with Gasteiger partial charge in [0.15, 0.2) is 5.79 Å². The second kappa shape index (κ2) is 4.90. The van der Waals surface area contributed by atoms with Crippen molar-refractivity contribution < 1.29 is 14.6 Å². The third-order valence-corrected chi connectivity index (χ3v) is 4.92. The standard InChI is InChI=1S/C14H16Cl2O3/c15-11-3-1-2-10(12(11)16)13(17)4-6-14(7-5-13)18-8-9-19-14/h1-3,17H,4-9H2. The first-order valence-electron chi connectivity index (χ1n) is 6.50. The lowest BCUT2D eigenvalue weighted by Crippen LogP contribution is -2.42. The molecule has 1 saturated carbocycles. The predicted octanol–water partition coefficient (Wildman–Crippen LogP) is 3.50. The maximum Gasteiger partial charge on any atom is 0.168 e. The maximum atomic E-state index is 10.8. The molecule has 1 aromatic carbocycles. The van der Waals surface area contributed by atoms with Crippen molar-refractivity contribution in [2.45, 2.75) is 37.1 Å². The highest BCUT2D eigenvalue weighted by Crippen LogP contribution is 2.47. The number of aliphatic hydroxyl groups is 1. The van der Waals surface area contributed by atoms with E-state index in [1.54, 1.807) is 6.07 Å². The van der Waals surface area contributed by atoms with Crippen LogP contribution in [0, 0.1) is 0 Å². The first-order valence-corrected chi connectivity index (χ1v) is 7.25. The van der Waals surface area contributed by atoms with Crippen LogP contribution in [0.25, 0.3) is 0 Å². The SMILES string of the molecule is OC1(c2cccc(Cl)c2Cl)CCC2(CC1)OCCO2. The van der Waals surface area contributed by atoms with Gasteiger partial charge in [-0.2, -0.15) is 0 Å². The van der Waals surface area contributed by atoms with E-state index in [9.17, 15) is 5.11 Å². The number of hydrogen-bond donors (Lipinski definition) is 1. The summed E-state index contributed by atoms with van der Waals surface area (Å²) in [6.07, 6.45) is 2.47. The molecule has 104 valence electrons. The summed E-state index contributed by atoms with van der Waals surface area (Å²) in [7, 11) is 0. The zero-order chi connectivity index (χ0) is 13.5. The van der Waals surface area contributed by atoms with Crippen molar-refractivity contribution in [3.63, 3.8) is 0 Å². The van der Waals surface area contributed by atoms with Gasteiger partial charge in [-0.3, -0.25) is 0 Å². The van der Waals surface area contributed by atoms with Crippen LogP contribution in [-0.4, -0.2) is 24.1 Å². The fourth-order valence-corrected chi connectivity index (χ4v) is 3.44. The topological polar surface area (TPSA) is 38.7 Å². The summed E-state index contributed by atoms with van der Waals surface area (Å²) in [5.41, 5.74) is -0.239. The third-order valence-electron chi connectivity index (χ3n) is 4.11. The Hall–Kier alpha value is -0.320. The molecule has 1 heterocycles. The fraction of sp³-hybridized carbons (Fsp3) is 0.571. The lowest BCUT2D eigenvalue weighted by molar-refractivity contribution is -0.204. The van der Waals surface area contributed by atoms with E-state index in [1.165, 1.54) is 0 Å². The number of benzene rings is 1. The lowest BCUT2D eigenvalue weighted by atomic mass is 9.77. The normalized spacial score (nSPS) is 24.8. The Morgan fingerprint density at radius 2 is 1.63 bits per heavy atom. The summed E-state index contributed by atoms with van der Waals surface area (Å²) in [5, 5.41) is 11.8. The molecule has 3 nitrogen and oxygen atoms in total. The molecule has 5 heteroatoms. The smallest absolute Gasteiger partial charge is 0.168 e. The quantitative estimate of drug-likeness (QED) is 0.863. The molecule has 0 aromatic heterocycles. The summed E-state index contributed by atoms with van der Waals surface area (Å²) < 4.78 is 11.3. The molecule has 1 aliphatic heterocycles. The largest absolute Gasteiger partial charge is 0.385 e. The zero-order valence-corrected chi connectivity index (χ0v) is 12.0. The molecule has 1 spiro atoms. The molecule has 19 heavy (non-hydrogen) atoms. The van der Waals surface area contributed by atoms with E-state index in [0.29, 0.717) is 54.5 Å². The Balaban J connectivity index is 1.83. The second-order valence-electron chi connectivity index (χ2n) is 5.24. The predicted molar refractivity (Wildman–Crippen MR) is 73.5 cm³/mol. The van der Waals surface area contributed by atoms with Crippen molar-refractivity contribution >= 4 is 23.2 Å². The highest BCUT2D eigenvalue weighted by molar-refractivity contribution is 6.42. The van der Waals surface area contributed by atoms with Gasteiger partial charge in [-0.15, -0.1) is 0 Å². The van der Waals surface area contributed by atoms with Gasteiger partial charge >= 0.3 is 0 Å². The highest BCUT2D eigenvalue weighted by Gasteiger charge is 2.46. The molecule has 0 radical (unpaired) electrons. The number of hydrogen-bond acceptors (Lipinski definition) is 3. The maximum absolute atomic E-state index is 10.8. The van der Waals surface area contributed by atoms with Crippen LogP contribution in [0.15, 0.2) is 18.2 Å². The van der Waals surface area contributed by atoms with Gasteiger partial charge in [0.05, 0.1) is 28.9 Å². The highest BCUT2D eigenvalue weighted by atomic mass is 35.5. The first kappa shape index (κ1) is 13.7. The van der Waals surface area contributed by atoms with Gasteiger partial charge < -0.3 is 14.6 Å². The Morgan fingerprint density at radius 1 is 1.00 bits per heavy atom. The monoisotopic (exact) mass is 302 g/mol. The van der Waals surface area contributed by atoms with Crippen molar-refractivity contribution in [2.24, 2.45) is 0 Å². The lowest BCUT2D eigenvalue weighted by Gasteiger charge is -2.41. The van der Waals surface area contributed by atoms with E-state index in [-0.39, 0.29) is 0 Å². The molecule has 1 aliphatic carbocycles. The molecule has 1 saturated heterocycles. The van der Waals surface area contributed by atoms with E-state index in [1.807, 2.05) is 12.1 Å². The molecule has 0 bridgehead atoms. The molecular formula is C14H16Cl2O3. The molecule has 1 aromatic rings. The van der Waals surface area contributed by atoms with Gasteiger partial charge in [0.1, 0.15) is 0 Å². The minimum atomic E-state index is -0.942. The van der Waals surface area contributed by atoms with Crippen LogP contribution < -0.4 is 0 Å². The first-order chi connectivity index (χ1) is 9.05. The van der Waals surface area contributed by atoms with E-state index in [0.717, 1.165) is 0 Å². The Morgan fingerprint density at radius 3 is 2.26 bits per heavy atom. The van der Waals surface area contributed by atoms with Crippen LogP contribution in [0.3, 0.4) is 0 Å². The van der Waals surface area contributed by atoms with Gasteiger partial charge in [-0.25, -0.2) is 0 Å². The fourth-order valence-electron chi connectivity index (χ4n) is 2.96. The second-order valence-corrected chi connectivity index (χ2v) is 6.03. The van der Waals surface area contributed by atoms with Crippen LogP contribution in [0.1, 0.15) is 31.2 Å². The minimum Gasteiger partial charge on any atom is -0.385 e. The van der Waals surface area contributed by atoms with Crippen molar-refractivity contribution in [3.8, 4) is 0 Å². The van der Waals surface area contributed by atoms with Gasteiger partial charge in [-0.1, -0.05) is 35.3 Å². The summed E-state index contributed by atoms with van der Waals surface area (Å²) in [6.45, 7) is 1.27. The summed E-state index contributed by atoms with van der Waals surface area (Å²) in [6, 6.07) is 5.38. The van der Waals surface area contributed by atoms with Crippen molar-refractivity contribution in [3.05, 3.63) is 33.8 Å². The third kappa shape index (κ3) is 2.39. The minimum absolute atomic E-state index is 0.441. The number of halogens is 2. The van der Waals surface area contributed by atoms with E-state index >= 15 is 0 Å². The molecule has 3 rings (SSSR count). The van der Waals surface area contributed by atoms with Crippen LogP contribution >= 0.6 is 23.2 Å². The molecule has 0 atom stereocenters. The Labute approximate surface area is 122 Å². The molecular weight excluding hydrogens is 287 g/mol. The number of ether oxygens (including phenoxy) is 2. The molecule has 0 amide bonds. The zero-order valence-electron chi connectivity index (χ0n) is 10.5. The van der Waals surface area contributed by atoms with Crippen LogP contribution in [0.5, 0.6) is 0 Å². The molecule has 2 fully saturated rings. The van der Waals surface area contributed by atoms with E-state index in [2.05, 4.69) is 0 Å². The summed E-state index contributed by atoms with van der Waals surface area (Å²) >= 11 is 12.2. The van der Waals surface area contributed by atoms with Crippen molar-refractivity contribution in [1.29, 1.82) is 0 Å². The van der Waals surface area contributed by atoms with E-state index in [4.69, 9.17) is 32.7 Å². The molecule has 2 aliphatic rings. The molecule has 0 unspecified atom stereocenters. The van der Waals surface area contributed by atoms with E-state index < -0.39 is 11.4 Å². The average Bonchev–Trinajstić information content (AvgIpc) is 2.86. The van der Waals surface area contributed by atoms with Crippen LogP contribution in [0.2, 0.25) is 10.0 Å². The Kier molecular flexibility index (Phi) is 3.52. The van der Waals surface area contributed by atoms with Crippen LogP contribution in [-0.2, 0) is 15.1 Å². The van der Waals surface area contributed by atoms with Gasteiger partial charge in [-0.05, 0) is 18.9 Å². The summed E-state index contributed by atoms with van der Waals surface area (Å²) in [4.78, 5) is 0. The number of rotatable bonds is 1. The van der Waals surface area contributed by atoms with Gasteiger partial charge in [0.25, 0.3) is 0 Å². The van der Waals surface area contributed by atoms with Crippen molar-refractivity contribution in [1.82, 2.24) is 0 Å². The van der Waals surface area contributed by atoms with Crippen LogP contribution in [0.4, 0.5) is 0 Å². The van der Waals surface area contributed by atoms with Crippen molar-refractivity contribution in [2.75, 3.05) is 13.2 Å². The Bertz CT molecular complexity index is 474.